The quantitative estimate of drug-likeness (QED) is 0.731. The molecule has 15 heavy (non-hydrogen) atoms. The Morgan fingerprint density at radius 3 is 2.27 bits per heavy atom. The molecule has 0 saturated carbocycles. The zero-order chi connectivity index (χ0) is 10.1. The first-order valence-electron chi connectivity index (χ1n) is 5.30. The summed E-state index contributed by atoms with van der Waals surface area (Å²) in [5.41, 5.74) is 0. The highest BCUT2D eigenvalue weighted by Gasteiger charge is 2.30. The van der Waals surface area contributed by atoms with Gasteiger partial charge in [-0.2, -0.15) is 0 Å². The van der Waals surface area contributed by atoms with Gasteiger partial charge >= 0.3 is 6.41 Å². The summed E-state index contributed by atoms with van der Waals surface area (Å²) in [5, 5.41) is 3.31. The summed E-state index contributed by atoms with van der Waals surface area (Å²) in [6, 6.07) is 7.81. The van der Waals surface area contributed by atoms with Crippen LogP contribution in [0.15, 0.2) is 24.3 Å². The summed E-state index contributed by atoms with van der Waals surface area (Å²) >= 11 is 0. The first kappa shape index (κ1) is 9.00. The standard InChI is InChI=1S/C11H14N2O2/c1-2-4-10-9(3-1)14-11(15-10)13-7-5-12-6-8-13/h1-4,11-12H,5-8H2. The molecule has 0 aliphatic carbocycles. The fraction of sp³-hybridized carbons (Fsp3) is 0.455. The van der Waals surface area contributed by atoms with Crippen molar-refractivity contribution in [3.8, 4) is 11.5 Å². The average molecular weight is 206 g/mol. The summed E-state index contributed by atoms with van der Waals surface area (Å²) in [7, 11) is 0. The number of nitrogens with one attached hydrogen (secondary N) is 1. The number of rotatable bonds is 1. The fourth-order valence-electron chi connectivity index (χ4n) is 1.93. The molecule has 2 aliphatic heterocycles. The Morgan fingerprint density at radius 2 is 1.67 bits per heavy atom. The molecule has 1 aromatic carbocycles. The highest BCUT2D eigenvalue weighted by Crippen LogP contribution is 2.34. The van der Waals surface area contributed by atoms with E-state index in [4.69, 9.17) is 9.47 Å². The third-order valence-corrected chi connectivity index (χ3v) is 2.75. The topological polar surface area (TPSA) is 33.7 Å². The van der Waals surface area contributed by atoms with E-state index in [-0.39, 0.29) is 6.41 Å². The van der Waals surface area contributed by atoms with Crippen molar-refractivity contribution in [3.05, 3.63) is 24.3 Å². The van der Waals surface area contributed by atoms with Gasteiger partial charge in [-0.3, -0.25) is 0 Å². The second-order valence-electron chi connectivity index (χ2n) is 3.78. The van der Waals surface area contributed by atoms with Crippen molar-refractivity contribution in [1.82, 2.24) is 10.2 Å². The summed E-state index contributed by atoms with van der Waals surface area (Å²) < 4.78 is 11.4. The number of ether oxygens (including phenoxy) is 2. The maximum atomic E-state index is 5.72. The number of para-hydroxylation sites is 2. The normalized spacial score (nSPS) is 21.9. The molecule has 4 heteroatoms. The van der Waals surface area contributed by atoms with Crippen molar-refractivity contribution in [3.63, 3.8) is 0 Å². The minimum Gasteiger partial charge on any atom is -0.438 e. The second kappa shape index (κ2) is 3.72. The molecule has 0 atom stereocenters. The van der Waals surface area contributed by atoms with Crippen molar-refractivity contribution in [2.24, 2.45) is 0 Å². The van der Waals surface area contributed by atoms with E-state index in [1.54, 1.807) is 0 Å². The third-order valence-electron chi connectivity index (χ3n) is 2.75. The molecule has 80 valence electrons. The predicted molar refractivity (Wildman–Crippen MR) is 55.9 cm³/mol. The Morgan fingerprint density at radius 1 is 1.07 bits per heavy atom. The molecule has 1 aromatic rings. The highest BCUT2D eigenvalue weighted by atomic mass is 16.7. The number of hydrogen-bond acceptors (Lipinski definition) is 4. The highest BCUT2D eigenvalue weighted by molar-refractivity contribution is 5.41. The van der Waals surface area contributed by atoms with Crippen molar-refractivity contribution >= 4 is 0 Å². The smallest absolute Gasteiger partial charge is 0.305 e. The van der Waals surface area contributed by atoms with E-state index in [0.29, 0.717) is 0 Å². The van der Waals surface area contributed by atoms with E-state index >= 15 is 0 Å². The van der Waals surface area contributed by atoms with Crippen molar-refractivity contribution in [2.45, 2.75) is 6.41 Å². The van der Waals surface area contributed by atoms with E-state index in [0.717, 1.165) is 37.7 Å². The maximum absolute atomic E-state index is 5.72. The van der Waals surface area contributed by atoms with Crippen LogP contribution in [0.25, 0.3) is 0 Å². The predicted octanol–water partition coefficient (Wildman–Crippen LogP) is 0.647. The van der Waals surface area contributed by atoms with Gasteiger partial charge in [-0.05, 0) is 12.1 Å². The zero-order valence-electron chi connectivity index (χ0n) is 8.48. The molecular weight excluding hydrogens is 192 g/mol. The van der Waals surface area contributed by atoms with E-state index in [1.165, 1.54) is 0 Å². The molecule has 3 rings (SSSR count). The number of benzene rings is 1. The van der Waals surface area contributed by atoms with Crippen LogP contribution in [0.3, 0.4) is 0 Å². The van der Waals surface area contributed by atoms with Crippen molar-refractivity contribution in [2.75, 3.05) is 26.2 Å². The molecule has 2 heterocycles. The van der Waals surface area contributed by atoms with E-state index in [1.807, 2.05) is 24.3 Å². The molecule has 0 radical (unpaired) electrons. The van der Waals surface area contributed by atoms with Gasteiger partial charge in [0.15, 0.2) is 11.5 Å². The van der Waals surface area contributed by atoms with Crippen LogP contribution in [0.2, 0.25) is 0 Å². The van der Waals surface area contributed by atoms with Crippen LogP contribution in [0.1, 0.15) is 0 Å². The Kier molecular flexibility index (Phi) is 2.23. The number of nitrogens with zero attached hydrogens (tertiary/aromatic N) is 1. The number of fused-ring (bicyclic) bond motifs is 1. The monoisotopic (exact) mass is 206 g/mol. The van der Waals surface area contributed by atoms with Gasteiger partial charge in [0.25, 0.3) is 0 Å². The first-order valence-corrected chi connectivity index (χ1v) is 5.30. The summed E-state index contributed by atoms with van der Waals surface area (Å²) in [5.74, 6) is 1.70. The molecule has 1 fully saturated rings. The van der Waals surface area contributed by atoms with Gasteiger partial charge in [-0.1, -0.05) is 12.1 Å². The van der Waals surface area contributed by atoms with E-state index in [9.17, 15) is 0 Å². The molecule has 0 spiro atoms. The number of piperazine rings is 1. The Bertz CT molecular complexity index is 325. The summed E-state index contributed by atoms with van der Waals surface area (Å²) in [6.07, 6.45) is -0.232. The molecule has 1 N–H and O–H groups in total. The number of hydrogen-bond donors (Lipinski definition) is 1. The van der Waals surface area contributed by atoms with Gasteiger partial charge in [0.05, 0.1) is 0 Å². The van der Waals surface area contributed by atoms with Crippen LogP contribution in [0, 0.1) is 0 Å². The van der Waals surface area contributed by atoms with Gasteiger partial charge < -0.3 is 14.8 Å². The first-order chi connectivity index (χ1) is 7.43. The maximum Gasteiger partial charge on any atom is 0.305 e. The van der Waals surface area contributed by atoms with Gasteiger partial charge in [-0.25, -0.2) is 4.90 Å². The van der Waals surface area contributed by atoms with E-state index in [2.05, 4.69) is 10.2 Å². The van der Waals surface area contributed by atoms with Crippen molar-refractivity contribution < 1.29 is 9.47 Å². The minimum atomic E-state index is -0.232. The molecule has 4 nitrogen and oxygen atoms in total. The zero-order valence-corrected chi connectivity index (χ0v) is 8.48. The van der Waals surface area contributed by atoms with Gasteiger partial charge in [0.1, 0.15) is 0 Å². The Hall–Kier alpha value is -1.26. The van der Waals surface area contributed by atoms with Crippen LogP contribution < -0.4 is 14.8 Å². The SMILES string of the molecule is c1ccc2c(c1)OC(N1CCNCC1)O2. The molecule has 2 aliphatic rings. The average Bonchev–Trinajstić information content (AvgIpc) is 2.74. The van der Waals surface area contributed by atoms with Crippen LogP contribution in [0.5, 0.6) is 11.5 Å². The third kappa shape index (κ3) is 1.66. The Labute approximate surface area is 88.8 Å². The summed E-state index contributed by atoms with van der Waals surface area (Å²) in [4.78, 5) is 2.20. The van der Waals surface area contributed by atoms with Gasteiger partial charge in [0, 0.05) is 26.2 Å². The van der Waals surface area contributed by atoms with Crippen LogP contribution in [-0.4, -0.2) is 37.5 Å². The molecular formula is C11H14N2O2. The largest absolute Gasteiger partial charge is 0.438 e. The molecule has 0 bridgehead atoms. The molecule has 1 saturated heterocycles. The fourth-order valence-corrected chi connectivity index (χ4v) is 1.93. The molecule has 0 unspecified atom stereocenters. The lowest BCUT2D eigenvalue weighted by Gasteiger charge is -2.30. The lowest BCUT2D eigenvalue weighted by molar-refractivity contribution is -0.0918. The lowest BCUT2D eigenvalue weighted by Crippen LogP contribution is -2.51. The lowest BCUT2D eigenvalue weighted by atomic mass is 10.3. The molecule has 0 aromatic heterocycles. The Balaban J connectivity index is 1.72. The van der Waals surface area contributed by atoms with Gasteiger partial charge in [0.2, 0.25) is 0 Å². The minimum absolute atomic E-state index is 0.232. The summed E-state index contributed by atoms with van der Waals surface area (Å²) in [6.45, 7) is 3.94. The van der Waals surface area contributed by atoms with Gasteiger partial charge in [-0.15, -0.1) is 0 Å². The molecule has 0 amide bonds. The van der Waals surface area contributed by atoms with E-state index < -0.39 is 0 Å². The van der Waals surface area contributed by atoms with Crippen LogP contribution in [-0.2, 0) is 0 Å². The van der Waals surface area contributed by atoms with Crippen LogP contribution in [0.4, 0.5) is 0 Å². The van der Waals surface area contributed by atoms with Crippen molar-refractivity contribution in [1.29, 1.82) is 0 Å². The second-order valence-corrected chi connectivity index (χ2v) is 3.78. The van der Waals surface area contributed by atoms with Crippen LogP contribution >= 0.6 is 0 Å².